The number of hydrogen-bond donors (Lipinski definition) is 2. The molecule has 0 aliphatic heterocycles. The number of carbonyl (C=O) groups excluding carboxylic acids is 1. The number of carbonyl (C=O) groups is 1. The van der Waals surface area contributed by atoms with Crippen molar-refractivity contribution < 1.29 is 4.79 Å². The number of H-pyrrole nitrogens is 1. The average molecular weight is 223 g/mol. The second-order valence-corrected chi connectivity index (χ2v) is 5.23. The van der Waals surface area contributed by atoms with Gasteiger partial charge in [0.05, 0.1) is 11.8 Å². The largest absolute Gasteiger partial charge is 0.351 e. The highest BCUT2D eigenvalue weighted by atomic mass is 16.1. The maximum Gasteiger partial charge on any atom is 0.254 e. The molecule has 0 aromatic carbocycles. The van der Waals surface area contributed by atoms with Crippen molar-refractivity contribution in [3.05, 3.63) is 17.5 Å². The van der Waals surface area contributed by atoms with E-state index in [4.69, 9.17) is 0 Å². The summed E-state index contributed by atoms with van der Waals surface area (Å²) in [5, 5.41) is 9.54. The van der Waals surface area contributed by atoms with Crippen molar-refractivity contribution >= 4 is 5.91 Å². The van der Waals surface area contributed by atoms with Crippen LogP contribution in [0.1, 0.15) is 43.7 Å². The normalized spacial score (nSPS) is 11.9. The summed E-state index contributed by atoms with van der Waals surface area (Å²) in [6.45, 7) is 11.1. The van der Waals surface area contributed by atoms with Crippen molar-refractivity contribution in [1.29, 1.82) is 0 Å². The first-order valence-corrected chi connectivity index (χ1v) is 5.63. The Morgan fingerprint density at radius 3 is 2.62 bits per heavy atom. The van der Waals surface area contributed by atoms with Crippen molar-refractivity contribution in [3.63, 3.8) is 0 Å². The third-order valence-corrected chi connectivity index (χ3v) is 3.34. The van der Waals surface area contributed by atoms with Gasteiger partial charge in [0.2, 0.25) is 0 Å². The summed E-state index contributed by atoms with van der Waals surface area (Å²) in [6, 6.07) is 0. The molecule has 1 heterocycles. The highest BCUT2D eigenvalue weighted by Crippen LogP contribution is 2.24. The van der Waals surface area contributed by atoms with Gasteiger partial charge in [-0.05, 0) is 18.3 Å². The predicted octanol–water partition coefficient (Wildman–Crippen LogP) is 2.13. The second kappa shape index (κ2) is 4.68. The molecule has 16 heavy (non-hydrogen) atoms. The molecule has 0 saturated heterocycles. The Balaban J connectivity index is 2.58. The lowest BCUT2D eigenvalue weighted by Crippen LogP contribution is -2.37. The lowest BCUT2D eigenvalue weighted by atomic mass is 9.81. The van der Waals surface area contributed by atoms with Crippen LogP contribution in [0.3, 0.4) is 0 Å². The summed E-state index contributed by atoms with van der Waals surface area (Å²) in [5.41, 5.74) is 1.53. The molecule has 0 spiro atoms. The summed E-state index contributed by atoms with van der Waals surface area (Å²) in [6.07, 6.45) is 1.56. The molecule has 90 valence electrons. The van der Waals surface area contributed by atoms with Crippen molar-refractivity contribution in [2.75, 3.05) is 6.54 Å². The molecule has 0 radical (unpaired) electrons. The van der Waals surface area contributed by atoms with Crippen LogP contribution >= 0.6 is 0 Å². The Morgan fingerprint density at radius 1 is 1.56 bits per heavy atom. The first-order chi connectivity index (χ1) is 7.34. The van der Waals surface area contributed by atoms with Gasteiger partial charge in [-0.3, -0.25) is 9.89 Å². The van der Waals surface area contributed by atoms with Crippen molar-refractivity contribution in [3.8, 4) is 0 Å². The van der Waals surface area contributed by atoms with E-state index in [1.807, 2.05) is 6.92 Å². The molecule has 4 heteroatoms. The van der Waals surface area contributed by atoms with Gasteiger partial charge in [-0.25, -0.2) is 0 Å². The Morgan fingerprint density at radius 2 is 2.19 bits per heavy atom. The maximum absolute atomic E-state index is 11.8. The van der Waals surface area contributed by atoms with E-state index in [0.717, 1.165) is 5.69 Å². The van der Waals surface area contributed by atoms with Crippen LogP contribution in [0.15, 0.2) is 6.20 Å². The Bertz CT molecular complexity index is 366. The minimum atomic E-state index is -0.0556. The van der Waals surface area contributed by atoms with Crippen LogP contribution in [-0.4, -0.2) is 22.6 Å². The van der Waals surface area contributed by atoms with Gasteiger partial charge >= 0.3 is 0 Å². The minimum Gasteiger partial charge on any atom is -0.351 e. The number of amides is 1. The highest BCUT2D eigenvalue weighted by molar-refractivity contribution is 5.94. The third-order valence-electron chi connectivity index (χ3n) is 3.34. The number of hydrogen-bond acceptors (Lipinski definition) is 2. The van der Waals surface area contributed by atoms with Gasteiger partial charge in [-0.2, -0.15) is 5.10 Å². The summed E-state index contributed by atoms with van der Waals surface area (Å²) in [4.78, 5) is 11.8. The van der Waals surface area contributed by atoms with E-state index in [2.05, 4.69) is 43.2 Å². The lowest BCUT2D eigenvalue weighted by molar-refractivity contribution is 0.0924. The number of aromatic amines is 1. The van der Waals surface area contributed by atoms with Gasteiger partial charge in [-0.15, -0.1) is 0 Å². The van der Waals surface area contributed by atoms with Crippen LogP contribution < -0.4 is 5.32 Å². The van der Waals surface area contributed by atoms with Gasteiger partial charge in [0.25, 0.3) is 5.91 Å². The van der Waals surface area contributed by atoms with Gasteiger partial charge < -0.3 is 5.32 Å². The molecule has 0 bridgehead atoms. The predicted molar refractivity (Wildman–Crippen MR) is 64.3 cm³/mol. The van der Waals surface area contributed by atoms with Crippen molar-refractivity contribution in [1.82, 2.24) is 15.5 Å². The fourth-order valence-corrected chi connectivity index (χ4v) is 1.19. The van der Waals surface area contributed by atoms with E-state index >= 15 is 0 Å². The van der Waals surface area contributed by atoms with Crippen molar-refractivity contribution in [2.24, 2.45) is 11.3 Å². The van der Waals surface area contributed by atoms with Crippen LogP contribution in [-0.2, 0) is 0 Å². The van der Waals surface area contributed by atoms with Crippen LogP contribution in [0.25, 0.3) is 0 Å². The zero-order chi connectivity index (χ0) is 12.3. The van der Waals surface area contributed by atoms with Crippen LogP contribution in [0, 0.1) is 18.3 Å². The molecule has 1 aromatic heterocycles. The van der Waals surface area contributed by atoms with Crippen LogP contribution in [0.2, 0.25) is 0 Å². The van der Waals surface area contributed by atoms with Gasteiger partial charge in [0.15, 0.2) is 0 Å². The second-order valence-electron chi connectivity index (χ2n) is 5.23. The Kier molecular flexibility index (Phi) is 3.73. The summed E-state index contributed by atoms with van der Waals surface area (Å²) < 4.78 is 0. The Hall–Kier alpha value is -1.32. The molecule has 0 aliphatic rings. The molecule has 0 aliphatic carbocycles. The monoisotopic (exact) mass is 223 g/mol. The number of aromatic nitrogens is 2. The van der Waals surface area contributed by atoms with Crippen LogP contribution in [0.5, 0.6) is 0 Å². The first-order valence-electron chi connectivity index (χ1n) is 5.63. The number of nitrogens with zero attached hydrogens (tertiary/aromatic N) is 1. The molecule has 2 N–H and O–H groups in total. The van der Waals surface area contributed by atoms with E-state index in [1.54, 1.807) is 6.20 Å². The van der Waals surface area contributed by atoms with E-state index in [1.165, 1.54) is 0 Å². The van der Waals surface area contributed by atoms with Gasteiger partial charge in [0, 0.05) is 12.2 Å². The zero-order valence-corrected chi connectivity index (χ0v) is 10.7. The standard InChI is InChI=1S/C12H21N3O/c1-8(2)12(4,5)7-13-11(16)10-6-14-15-9(10)3/h6,8H,7H2,1-5H3,(H,13,16)(H,14,15). The molecule has 4 nitrogen and oxygen atoms in total. The lowest BCUT2D eigenvalue weighted by Gasteiger charge is -2.29. The maximum atomic E-state index is 11.8. The Labute approximate surface area is 96.8 Å². The summed E-state index contributed by atoms with van der Waals surface area (Å²) in [5.74, 6) is 0.471. The number of rotatable bonds is 4. The number of aryl methyl sites for hydroxylation is 1. The zero-order valence-electron chi connectivity index (χ0n) is 10.7. The first kappa shape index (κ1) is 12.7. The highest BCUT2D eigenvalue weighted by Gasteiger charge is 2.23. The quantitative estimate of drug-likeness (QED) is 0.821. The van der Waals surface area contributed by atoms with Gasteiger partial charge in [0.1, 0.15) is 0 Å². The fraction of sp³-hybridized carbons (Fsp3) is 0.667. The topological polar surface area (TPSA) is 57.8 Å². The summed E-state index contributed by atoms with van der Waals surface area (Å²) >= 11 is 0. The van der Waals surface area contributed by atoms with E-state index in [0.29, 0.717) is 18.0 Å². The molecule has 0 unspecified atom stereocenters. The summed E-state index contributed by atoms with van der Waals surface area (Å²) in [7, 11) is 0. The average Bonchev–Trinajstić information content (AvgIpc) is 2.61. The molecule has 0 fully saturated rings. The number of nitrogens with one attached hydrogen (secondary N) is 2. The molecule has 1 amide bonds. The van der Waals surface area contributed by atoms with Gasteiger partial charge in [-0.1, -0.05) is 27.7 Å². The van der Waals surface area contributed by atoms with Crippen LogP contribution in [0.4, 0.5) is 0 Å². The molecular weight excluding hydrogens is 202 g/mol. The molecule has 1 rings (SSSR count). The van der Waals surface area contributed by atoms with E-state index in [9.17, 15) is 4.79 Å². The molecule has 0 atom stereocenters. The van der Waals surface area contributed by atoms with Crippen molar-refractivity contribution in [2.45, 2.75) is 34.6 Å². The minimum absolute atomic E-state index is 0.0556. The fourth-order valence-electron chi connectivity index (χ4n) is 1.19. The van der Waals surface area contributed by atoms with E-state index in [-0.39, 0.29) is 11.3 Å². The van der Waals surface area contributed by atoms with E-state index < -0.39 is 0 Å². The smallest absolute Gasteiger partial charge is 0.254 e. The molecule has 0 saturated carbocycles. The molecular formula is C12H21N3O. The molecule has 1 aromatic rings. The SMILES string of the molecule is Cc1[nH]ncc1C(=O)NCC(C)(C)C(C)C. The third kappa shape index (κ3) is 2.84.